The monoisotopic (exact) mass is 309 g/mol. The first kappa shape index (κ1) is 15.8. The van der Waals surface area contributed by atoms with Crippen LogP contribution in [0.1, 0.15) is 23.1 Å². The minimum Gasteiger partial charge on any atom is -0.497 e. The zero-order valence-corrected chi connectivity index (χ0v) is 12.3. The number of halogens is 2. The maximum absolute atomic E-state index is 14.1. The third kappa shape index (κ3) is 3.53. The van der Waals surface area contributed by atoms with Crippen LogP contribution in [0.15, 0.2) is 42.5 Å². The molecule has 0 fully saturated rings. The summed E-state index contributed by atoms with van der Waals surface area (Å²) >= 11 is 5.85. The lowest BCUT2D eigenvalue weighted by molar-refractivity contribution is 0.143. The molecule has 0 saturated heterocycles. The average Bonchev–Trinajstić information content (AvgIpc) is 2.49. The normalized spacial score (nSPS) is 13.8. The van der Waals surface area contributed by atoms with E-state index in [1.54, 1.807) is 30.3 Å². The molecule has 3 N–H and O–H groups in total. The van der Waals surface area contributed by atoms with Crippen molar-refractivity contribution >= 4 is 11.6 Å². The number of rotatable bonds is 5. The van der Waals surface area contributed by atoms with Gasteiger partial charge in [0, 0.05) is 29.1 Å². The van der Waals surface area contributed by atoms with Gasteiger partial charge in [0.1, 0.15) is 11.6 Å². The van der Waals surface area contributed by atoms with Gasteiger partial charge in [-0.2, -0.15) is 0 Å². The Balaban J connectivity index is 2.31. The van der Waals surface area contributed by atoms with Gasteiger partial charge in [0.05, 0.1) is 13.2 Å². The SMILES string of the molecule is COc1ccc(C(O)C(CN)c2ccc(Cl)cc2)c(F)c1. The minimum atomic E-state index is -1.04. The van der Waals surface area contributed by atoms with Crippen LogP contribution in [0.25, 0.3) is 0 Å². The topological polar surface area (TPSA) is 55.5 Å². The van der Waals surface area contributed by atoms with Gasteiger partial charge in [-0.15, -0.1) is 0 Å². The van der Waals surface area contributed by atoms with Gasteiger partial charge in [0.25, 0.3) is 0 Å². The number of methoxy groups -OCH3 is 1. The van der Waals surface area contributed by atoms with Gasteiger partial charge < -0.3 is 15.6 Å². The molecule has 2 aromatic rings. The van der Waals surface area contributed by atoms with Crippen LogP contribution in [0, 0.1) is 5.82 Å². The number of ether oxygens (including phenoxy) is 1. The Bertz CT molecular complexity index is 604. The van der Waals surface area contributed by atoms with Crippen molar-refractivity contribution in [3.63, 3.8) is 0 Å². The molecule has 5 heteroatoms. The van der Waals surface area contributed by atoms with E-state index in [0.717, 1.165) is 5.56 Å². The van der Waals surface area contributed by atoms with Crippen LogP contribution in [0.4, 0.5) is 4.39 Å². The summed E-state index contributed by atoms with van der Waals surface area (Å²) in [6.45, 7) is 0.189. The molecule has 0 spiro atoms. The van der Waals surface area contributed by atoms with Crippen molar-refractivity contribution in [2.75, 3.05) is 13.7 Å². The Labute approximate surface area is 128 Å². The van der Waals surface area contributed by atoms with Crippen LogP contribution in [0.2, 0.25) is 5.02 Å². The van der Waals surface area contributed by atoms with Gasteiger partial charge in [-0.1, -0.05) is 23.7 Å². The quantitative estimate of drug-likeness (QED) is 0.891. The molecule has 2 aromatic carbocycles. The summed E-state index contributed by atoms with van der Waals surface area (Å²) in [7, 11) is 1.46. The molecule has 2 rings (SSSR count). The van der Waals surface area contributed by atoms with E-state index < -0.39 is 17.8 Å². The van der Waals surface area contributed by atoms with Crippen LogP contribution in [0.5, 0.6) is 5.75 Å². The van der Waals surface area contributed by atoms with Crippen LogP contribution in [0.3, 0.4) is 0 Å². The number of hydrogen-bond donors (Lipinski definition) is 2. The molecule has 0 radical (unpaired) electrons. The van der Waals surface area contributed by atoms with Crippen molar-refractivity contribution in [1.29, 1.82) is 0 Å². The van der Waals surface area contributed by atoms with E-state index in [1.165, 1.54) is 19.2 Å². The zero-order valence-electron chi connectivity index (χ0n) is 11.6. The van der Waals surface area contributed by atoms with Gasteiger partial charge >= 0.3 is 0 Å². The molecule has 0 aliphatic heterocycles. The summed E-state index contributed by atoms with van der Waals surface area (Å²) in [6.07, 6.45) is -1.04. The number of hydrogen-bond acceptors (Lipinski definition) is 3. The lowest BCUT2D eigenvalue weighted by atomic mass is 9.89. The molecule has 0 aliphatic carbocycles. The maximum Gasteiger partial charge on any atom is 0.132 e. The maximum atomic E-state index is 14.1. The van der Waals surface area contributed by atoms with Gasteiger partial charge in [-0.25, -0.2) is 4.39 Å². The fraction of sp³-hybridized carbons (Fsp3) is 0.250. The summed E-state index contributed by atoms with van der Waals surface area (Å²) in [5.41, 5.74) is 6.75. The summed E-state index contributed by atoms with van der Waals surface area (Å²) in [4.78, 5) is 0. The number of nitrogens with two attached hydrogens (primary N) is 1. The van der Waals surface area contributed by atoms with Crippen LogP contribution in [-0.2, 0) is 0 Å². The molecule has 0 saturated carbocycles. The Morgan fingerprint density at radius 2 is 1.90 bits per heavy atom. The van der Waals surface area contributed by atoms with Crippen molar-refractivity contribution in [3.05, 3.63) is 64.4 Å². The lowest BCUT2D eigenvalue weighted by Gasteiger charge is -2.23. The lowest BCUT2D eigenvalue weighted by Crippen LogP contribution is -2.21. The largest absolute Gasteiger partial charge is 0.497 e. The Morgan fingerprint density at radius 3 is 2.43 bits per heavy atom. The summed E-state index contributed by atoms with van der Waals surface area (Å²) < 4.78 is 19.0. The second kappa shape index (κ2) is 6.89. The fourth-order valence-electron chi connectivity index (χ4n) is 2.25. The van der Waals surface area contributed by atoms with Crippen molar-refractivity contribution in [2.45, 2.75) is 12.0 Å². The molecular formula is C16H17ClFNO2. The molecule has 0 bridgehead atoms. The summed E-state index contributed by atoms with van der Waals surface area (Å²) in [5, 5.41) is 11.1. The van der Waals surface area contributed by atoms with Crippen LogP contribution < -0.4 is 10.5 Å². The summed E-state index contributed by atoms with van der Waals surface area (Å²) in [5.74, 6) is -0.529. The molecule has 0 amide bonds. The van der Waals surface area contributed by atoms with Gasteiger partial charge in [-0.05, 0) is 29.8 Å². The van der Waals surface area contributed by atoms with E-state index in [9.17, 15) is 9.50 Å². The van der Waals surface area contributed by atoms with Crippen LogP contribution >= 0.6 is 11.6 Å². The van der Waals surface area contributed by atoms with E-state index in [4.69, 9.17) is 22.1 Å². The predicted octanol–water partition coefficient (Wildman–Crippen LogP) is 3.26. The Kier molecular flexibility index (Phi) is 5.17. The van der Waals surface area contributed by atoms with E-state index in [0.29, 0.717) is 10.8 Å². The molecule has 0 aromatic heterocycles. The summed E-state index contributed by atoms with van der Waals surface area (Å²) in [6, 6.07) is 11.4. The van der Waals surface area contributed by atoms with E-state index in [2.05, 4.69) is 0 Å². The third-order valence-corrected chi connectivity index (χ3v) is 3.71. The zero-order chi connectivity index (χ0) is 15.4. The second-order valence-electron chi connectivity index (χ2n) is 4.73. The van der Waals surface area contributed by atoms with E-state index in [1.807, 2.05) is 0 Å². The van der Waals surface area contributed by atoms with Crippen molar-refractivity contribution < 1.29 is 14.2 Å². The van der Waals surface area contributed by atoms with Crippen LogP contribution in [-0.4, -0.2) is 18.8 Å². The molecule has 0 aliphatic rings. The van der Waals surface area contributed by atoms with Gasteiger partial charge in [-0.3, -0.25) is 0 Å². The standard InChI is InChI=1S/C16H17ClFNO2/c1-21-12-6-7-13(15(18)8-12)16(20)14(9-19)10-2-4-11(17)5-3-10/h2-8,14,16,20H,9,19H2,1H3. The predicted molar refractivity (Wildman–Crippen MR) is 81.2 cm³/mol. The Morgan fingerprint density at radius 1 is 1.24 bits per heavy atom. The van der Waals surface area contributed by atoms with Crippen molar-refractivity contribution in [1.82, 2.24) is 0 Å². The third-order valence-electron chi connectivity index (χ3n) is 3.46. The molecular weight excluding hydrogens is 293 g/mol. The van der Waals surface area contributed by atoms with Gasteiger partial charge in [0.15, 0.2) is 0 Å². The molecule has 2 atom stereocenters. The molecule has 2 unspecified atom stereocenters. The van der Waals surface area contributed by atoms with E-state index >= 15 is 0 Å². The average molecular weight is 310 g/mol. The molecule has 21 heavy (non-hydrogen) atoms. The minimum absolute atomic E-state index is 0.189. The second-order valence-corrected chi connectivity index (χ2v) is 5.16. The first-order valence-corrected chi connectivity index (χ1v) is 6.91. The Hall–Kier alpha value is -1.62. The van der Waals surface area contributed by atoms with Crippen molar-refractivity contribution in [3.8, 4) is 5.75 Å². The van der Waals surface area contributed by atoms with Gasteiger partial charge in [0.2, 0.25) is 0 Å². The highest BCUT2D eigenvalue weighted by molar-refractivity contribution is 6.30. The number of benzene rings is 2. The molecule has 112 valence electrons. The fourth-order valence-corrected chi connectivity index (χ4v) is 2.37. The van der Waals surface area contributed by atoms with E-state index in [-0.39, 0.29) is 12.1 Å². The highest BCUT2D eigenvalue weighted by Crippen LogP contribution is 2.33. The molecule has 3 nitrogen and oxygen atoms in total. The molecule has 0 heterocycles. The first-order valence-electron chi connectivity index (χ1n) is 6.54. The number of aliphatic hydroxyl groups excluding tert-OH is 1. The highest BCUT2D eigenvalue weighted by atomic mass is 35.5. The first-order chi connectivity index (χ1) is 10.1. The smallest absolute Gasteiger partial charge is 0.132 e. The highest BCUT2D eigenvalue weighted by Gasteiger charge is 2.24. The number of aliphatic hydroxyl groups is 1. The van der Waals surface area contributed by atoms with Crippen molar-refractivity contribution in [2.24, 2.45) is 5.73 Å².